The van der Waals surface area contributed by atoms with Crippen molar-refractivity contribution in [3.8, 4) is 0 Å². The molecule has 0 aliphatic heterocycles. The Labute approximate surface area is 122 Å². The first-order chi connectivity index (χ1) is 9.10. The molecule has 0 heterocycles. The van der Waals surface area contributed by atoms with Gasteiger partial charge in [0, 0.05) is 26.1 Å². The molecule has 1 unspecified atom stereocenters. The molecule has 1 aliphatic carbocycles. The van der Waals surface area contributed by atoms with Crippen LogP contribution in [0.4, 0.5) is 4.79 Å². The highest BCUT2D eigenvalue weighted by molar-refractivity contribution is 5.78. The van der Waals surface area contributed by atoms with Gasteiger partial charge < -0.3 is 15.0 Å². The van der Waals surface area contributed by atoms with Crippen molar-refractivity contribution in [2.75, 3.05) is 14.1 Å². The summed E-state index contributed by atoms with van der Waals surface area (Å²) in [5.74, 6) is 0.516. The lowest BCUT2D eigenvalue weighted by Gasteiger charge is -2.35. The molecule has 116 valence electrons. The molecule has 0 bridgehead atoms. The highest BCUT2D eigenvalue weighted by Gasteiger charge is 2.34. The topological polar surface area (TPSA) is 58.6 Å². The van der Waals surface area contributed by atoms with Crippen molar-refractivity contribution in [2.45, 2.75) is 58.6 Å². The van der Waals surface area contributed by atoms with E-state index in [-0.39, 0.29) is 17.9 Å². The Balaban J connectivity index is 2.59. The number of carbonyl (C=O) groups is 2. The second-order valence-corrected chi connectivity index (χ2v) is 6.97. The number of nitrogens with zero attached hydrogens (tertiary/aromatic N) is 1. The molecular formula is C15H28N2O3. The molecule has 1 saturated carbocycles. The van der Waals surface area contributed by atoms with Crippen LogP contribution in [0.1, 0.15) is 47.0 Å². The highest BCUT2D eigenvalue weighted by atomic mass is 16.6. The molecule has 0 aromatic rings. The second-order valence-electron chi connectivity index (χ2n) is 6.97. The van der Waals surface area contributed by atoms with Gasteiger partial charge in [0.05, 0.1) is 0 Å². The maximum atomic E-state index is 12.0. The van der Waals surface area contributed by atoms with Gasteiger partial charge in [-0.3, -0.25) is 4.79 Å². The van der Waals surface area contributed by atoms with E-state index in [2.05, 4.69) is 12.2 Å². The van der Waals surface area contributed by atoms with Crippen LogP contribution >= 0.6 is 0 Å². The molecule has 0 saturated heterocycles. The number of alkyl carbamates (subject to hydrolysis) is 1. The first-order valence-corrected chi connectivity index (χ1v) is 7.31. The Hall–Kier alpha value is -1.26. The van der Waals surface area contributed by atoms with Crippen molar-refractivity contribution < 1.29 is 14.3 Å². The third-order valence-electron chi connectivity index (χ3n) is 3.69. The van der Waals surface area contributed by atoms with E-state index in [1.165, 1.54) is 0 Å². The average molecular weight is 284 g/mol. The molecule has 0 radical (unpaired) electrons. The monoisotopic (exact) mass is 284 g/mol. The van der Waals surface area contributed by atoms with Crippen molar-refractivity contribution in [2.24, 2.45) is 11.8 Å². The maximum absolute atomic E-state index is 12.0. The largest absolute Gasteiger partial charge is 0.444 e. The smallest absolute Gasteiger partial charge is 0.407 e. The first kappa shape index (κ1) is 16.8. The van der Waals surface area contributed by atoms with E-state index < -0.39 is 11.7 Å². The van der Waals surface area contributed by atoms with E-state index in [1.807, 2.05) is 20.8 Å². The Morgan fingerprint density at radius 1 is 1.20 bits per heavy atom. The summed E-state index contributed by atoms with van der Waals surface area (Å²) in [7, 11) is 3.55. The van der Waals surface area contributed by atoms with Gasteiger partial charge in [0.25, 0.3) is 0 Å². The SMILES string of the molecule is C[C@H]1CCC(C(=O)N(C)C)C[C@H]1NC(=O)OC(C)(C)C. The summed E-state index contributed by atoms with van der Waals surface area (Å²) in [5, 5.41) is 2.92. The summed E-state index contributed by atoms with van der Waals surface area (Å²) in [6, 6.07) is 0.00694. The van der Waals surface area contributed by atoms with Gasteiger partial charge in [-0.25, -0.2) is 4.79 Å². The van der Waals surface area contributed by atoms with Crippen molar-refractivity contribution in [3.63, 3.8) is 0 Å². The third kappa shape index (κ3) is 5.02. The van der Waals surface area contributed by atoms with Crippen LogP contribution in [0.5, 0.6) is 0 Å². The second kappa shape index (κ2) is 6.46. The zero-order valence-corrected chi connectivity index (χ0v) is 13.5. The van der Waals surface area contributed by atoms with E-state index in [4.69, 9.17) is 4.74 Å². The van der Waals surface area contributed by atoms with Crippen LogP contribution in [0, 0.1) is 11.8 Å². The molecular weight excluding hydrogens is 256 g/mol. The molecule has 0 aromatic carbocycles. The summed E-state index contributed by atoms with van der Waals surface area (Å²) < 4.78 is 5.29. The number of hydrogen-bond acceptors (Lipinski definition) is 3. The quantitative estimate of drug-likeness (QED) is 0.847. The van der Waals surface area contributed by atoms with Gasteiger partial charge in [-0.05, 0) is 46.0 Å². The van der Waals surface area contributed by atoms with Gasteiger partial charge in [-0.15, -0.1) is 0 Å². The lowest BCUT2D eigenvalue weighted by atomic mass is 9.78. The van der Waals surface area contributed by atoms with Crippen LogP contribution in [-0.2, 0) is 9.53 Å². The summed E-state index contributed by atoms with van der Waals surface area (Å²) in [4.78, 5) is 25.5. The fourth-order valence-corrected chi connectivity index (χ4v) is 2.57. The molecule has 5 heteroatoms. The zero-order chi connectivity index (χ0) is 15.5. The molecule has 2 amide bonds. The van der Waals surface area contributed by atoms with Crippen molar-refractivity contribution in [3.05, 3.63) is 0 Å². The summed E-state index contributed by atoms with van der Waals surface area (Å²) in [6.07, 6.45) is 2.14. The Kier molecular flexibility index (Phi) is 5.42. The summed E-state index contributed by atoms with van der Waals surface area (Å²) in [6.45, 7) is 7.64. The van der Waals surface area contributed by atoms with Crippen molar-refractivity contribution in [1.82, 2.24) is 10.2 Å². The van der Waals surface area contributed by atoms with Crippen LogP contribution < -0.4 is 5.32 Å². The van der Waals surface area contributed by atoms with Crippen LogP contribution in [0.15, 0.2) is 0 Å². The maximum Gasteiger partial charge on any atom is 0.407 e. The predicted molar refractivity (Wildman–Crippen MR) is 78.4 cm³/mol. The first-order valence-electron chi connectivity index (χ1n) is 7.31. The molecule has 0 spiro atoms. The highest BCUT2D eigenvalue weighted by Crippen LogP contribution is 2.30. The van der Waals surface area contributed by atoms with Crippen LogP contribution in [-0.4, -0.2) is 42.6 Å². The standard InChI is InChI=1S/C15H28N2O3/c1-10-7-8-11(13(18)17(5)6)9-12(10)16-14(19)20-15(2,3)4/h10-12H,7-9H2,1-6H3,(H,16,19)/t10-,11?,12+/m0/s1. The minimum atomic E-state index is -0.499. The number of amides is 2. The Morgan fingerprint density at radius 2 is 1.80 bits per heavy atom. The molecule has 20 heavy (non-hydrogen) atoms. The minimum Gasteiger partial charge on any atom is -0.444 e. The summed E-state index contributed by atoms with van der Waals surface area (Å²) >= 11 is 0. The molecule has 1 aliphatic rings. The van der Waals surface area contributed by atoms with Crippen LogP contribution in [0.25, 0.3) is 0 Å². The minimum absolute atomic E-state index is 0.00105. The predicted octanol–water partition coefficient (Wildman–Crippen LogP) is 2.40. The van der Waals surface area contributed by atoms with Gasteiger partial charge in [-0.1, -0.05) is 6.92 Å². The van der Waals surface area contributed by atoms with Crippen LogP contribution in [0.2, 0.25) is 0 Å². The lowest BCUT2D eigenvalue weighted by Crippen LogP contribution is -2.47. The van der Waals surface area contributed by atoms with Gasteiger partial charge in [-0.2, -0.15) is 0 Å². The number of carbonyl (C=O) groups excluding carboxylic acids is 2. The molecule has 1 fully saturated rings. The average Bonchev–Trinajstić information content (AvgIpc) is 2.28. The van der Waals surface area contributed by atoms with Gasteiger partial charge >= 0.3 is 6.09 Å². The third-order valence-corrected chi connectivity index (χ3v) is 3.69. The molecule has 5 nitrogen and oxygen atoms in total. The Morgan fingerprint density at radius 3 is 2.30 bits per heavy atom. The molecule has 0 aromatic heterocycles. The number of hydrogen-bond donors (Lipinski definition) is 1. The van der Waals surface area contributed by atoms with Crippen molar-refractivity contribution >= 4 is 12.0 Å². The number of rotatable bonds is 2. The normalized spacial score (nSPS) is 26.8. The molecule has 1 rings (SSSR count). The fourth-order valence-electron chi connectivity index (χ4n) is 2.57. The van der Waals surface area contributed by atoms with E-state index in [1.54, 1.807) is 19.0 Å². The van der Waals surface area contributed by atoms with Gasteiger partial charge in [0.15, 0.2) is 0 Å². The lowest BCUT2D eigenvalue weighted by molar-refractivity contribution is -0.134. The number of nitrogens with one attached hydrogen (secondary N) is 1. The van der Waals surface area contributed by atoms with Crippen LogP contribution in [0.3, 0.4) is 0 Å². The Bertz CT molecular complexity index is 361. The van der Waals surface area contributed by atoms with Crippen molar-refractivity contribution in [1.29, 1.82) is 0 Å². The van der Waals surface area contributed by atoms with E-state index in [0.717, 1.165) is 12.8 Å². The van der Waals surface area contributed by atoms with E-state index in [0.29, 0.717) is 12.3 Å². The van der Waals surface area contributed by atoms with Gasteiger partial charge in [0.1, 0.15) is 5.60 Å². The fraction of sp³-hybridized carbons (Fsp3) is 0.867. The molecule has 3 atom stereocenters. The zero-order valence-electron chi connectivity index (χ0n) is 13.5. The van der Waals surface area contributed by atoms with E-state index in [9.17, 15) is 9.59 Å². The van der Waals surface area contributed by atoms with E-state index >= 15 is 0 Å². The number of ether oxygens (including phenoxy) is 1. The van der Waals surface area contributed by atoms with Gasteiger partial charge in [0.2, 0.25) is 5.91 Å². The summed E-state index contributed by atoms with van der Waals surface area (Å²) in [5.41, 5.74) is -0.499. The molecule has 1 N–H and O–H groups in total.